The molecular weight excluding hydrogens is 206 g/mol. The Hall–Kier alpha value is 1.42. The van der Waals surface area contributed by atoms with E-state index >= 15 is 0 Å². The quantitative estimate of drug-likeness (QED) is 0.421. The largest absolute Gasteiger partial charge is 0.261 e. The summed E-state index contributed by atoms with van der Waals surface area (Å²) < 4.78 is 7.94. The Morgan fingerprint density at radius 2 is 1.25 bits per heavy atom. The van der Waals surface area contributed by atoms with E-state index in [0.717, 1.165) is 0 Å². The van der Waals surface area contributed by atoms with Crippen LogP contribution in [0.25, 0.3) is 0 Å². The van der Waals surface area contributed by atoms with Crippen LogP contribution in [0.15, 0.2) is 0 Å². The van der Waals surface area contributed by atoms with E-state index in [9.17, 15) is 0 Å². The molecule has 0 atom stereocenters. The molecule has 0 N–H and O–H groups in total. The summed E-state index contributed by atoms with van der Waals surface area (Å²) in [6.45, 7) is 0. The molecule has 27 valence electrons. The molecule has 3 radical (unpaired) electrons. The minimum atomic E-state index is 0. The predicted octanol–water partition coefficient (Wildman–Crippen LogP) is 0.737. The molecular formula is AgOPV. The fourth-order valence-electron chi connectivity index (χ4n) is 0. The van der Waals surface area contributed by atoms with Crippen molar-refractivity contribution in [1.29, 1.82) is 0 Å². The van der Waals surface area contributed by atoms with Gasteiger partial charge in [-0.05, 0) is 0 Å². The number of hydrogen-bond donors (Lipinski definition) is 0. The summed E-state index contributed by atoms with van der Waals surface area (Å²) in [5.41, 5.74) is 0. The van der Waals surface area contributed by atoms with Crippen LogP contribution in [-0.4, -0.2) is 0 Å². The van der Waals surface area contributed by atoms with E-state index in [4.69, 9.17) is 4.57 Å². The molecule has 0 fully saturated rings. The van der Waals surface area contributed by atoms with Gasteiger partial charge in [-0.2, -0.15) is 0 Å². The third kappa shape index (κ3) is 9.92. The minimum absolute atomic E-state index is 0. The van der Waals surface area contributed by atoms with Gasteiger partial charge in [0, 0.05) is 40.9 Å². The third-order valence-corrected chi connectivity index (χ3v) is 0. The summed E-state index contributed by atoms with van der Waals surface area (Å²) in [5.74, 6) is 0. The van der Waals surface area contributed by atoms with Crippen LogP contribution < -0.4 is 0 Å². The third-order valence-electron chi connectivity index (χ3n) is 0. The smallest absolute Gasteiger partial charge is 0.261 e. The average molecular weight is 206 g/mol. The maximum Gasteiger partial charge on any atom is 0.261 e. The molecule has 0 spiro atoms. The molecule has 0 aliphatic carbocycles. The van der Waals surface area contributed by atoms with Crippen LogP contribution >= 0.6 is 9.12 Å². The van der Waals surface area contributed by atoms with Crippen LogP contribution in [0, 0.1) is 0 Å². The van der Waals surface area contributed by atoms with Gasteiger partial charge in [-0.1, -0.05) is 0 Å². The van der Waals surface area contributed by atoms with Crippen molar-refractivity contribution >= 4 is 9.12 Å². The summed E-state index contributed by atoms with van der Waals surface area (Å²) in [5, 5.41) is 0. The van der Waals surface area contributed by atoms with Crippen LogP contribution in [-0.2, 0) is 45.5 Å². The summed E-state index contributed by atoms with van der Waals surface area (Å²) in [6, 6.07) is 0. The number of rotatable bonds is 0. The van der Waals surface area contributed by atoms with Crippen molar-refractivity contribution in [1.82, 2.24) is 0 Å². The molecule has 0 aromatic heterocycles. The first-order valence-electron chi connectivity index (χ1n) is 0.183. The van der Waals surface area contributed by atoms with Crippen LogP contribution in [0.5, 0.6) is 0 Å². The maximum atomic E-state index is 7.94. The van der Waals surface area contributed by atoms with E-state index in [1.54, 1.807) is 0 Å². The van der Waals surface area contributed by atoms with Crippen LogP contribution in [0.2, 0.25) is 0 Å². The van der Waals surface area contributed by atoms with E-state index in [0.29, 0.717) is 0 Å². The summed E-state index contributed by atoms with van der Waals surface area (Å²) >= 11 is 0. The van der Waals surface area contributed by atoms with Gasteiger partial charge in [-0.3, -0.25) is 4.57 Å². The molecule has 0 saturated carbocycles. The van der Waals surface area contributed by atoms with Gasteiger partial charge in [-0.25, -0.2) is 0 Å². The standard InChI is InChI=1S/Ag.OP.V/c;1-2;. The molecule has 0 aliphatic rings. The molecule has 0 heterocycles. The normalized spacial score (nSPS) is 1.00. The molecule has 0 saturated heterocycles. The molecule has 0 rings (SSSR count). The summed E-state index contributed by atoms with van der Waals surface area (Å²) in [4.78, 5) is 0. The van der Waals surface area contributed by atoms with Crippen molar-refractivity contribution in [3.8, 4) is 0 Å². The Morgan fingerprint density at radius 1 is 1.25 bits per heavy atom. The average Bonchev–Trinajstić information content (AvgIpc) is 1.00. The van der Waals surface area contributed by atoms with Gasteiger partial charge in [0.15, 0.2) is 0 Å². The fraction of sp³-hybridized carbons (Fsp3) is 0. The van der Waals surface area contributed by atoms with E-state index in [2.05, 4.69) is 9.12 Å². The van der Waals surface area contributed by atoms with E-state index in [1.807, 2.05) is 0 Å². The Morgan fingerprint density at radius 3 is 1.25 bits per heavy atom. The molecule has 0 aromatic carbocycles. The molecule has 0 bridgehead atoms. The Kier molecular flexibility index (Phi) is 115. The second-order valence-corrected chi connectivity index (χ2v) is 0. The topological polar surface area (TPSA) is 17.1 Å². The summed E-state index contributed by atoms with van der Waals surface area (Å²) in [6.07, 6.45) is 0. The minimum Gasteiger partial charge on any atom is -0.261 e. The first-order valence-corrected chi connectivity index (χ1v) is 0.548. The predicted molar refractivity (Wildman–Crippen MR) is 7.61 cm³/mol. The van der Waals surface area contributed by atoms with Gasteiger partial charge >= 0.3 is 0 Å². The van der Waals surface area contributed by atoms with Crippen molar-refractivity contribution in [3.05, 3.63) is 0 Å². The van der Waals surface area contributed by atoms with Gasteiger partial charge in [-0.15, -0.1) is 0 Å². The van der Waals surface area contributed by atoms with Crippen LogP contribution in [0.1, 0.15) is 0 Å². The van der Waals surface area contributed by atoms with Crippen molar-refractivity contribution in [2.45, 2.75) is 0 Å². The fourth-order valence-corrected chi connectivity index (χ4v) is 0. The Balaban J connectivity index is -0.00000000500. The van der Waals surface area contributed by atoms with Gasteiger partial charge < -0.3 is 0 Å². The summed E-state index contributed by atoms with van der Waals surface area (Å²) in [7, 11) is 2.28. The monoisotopic (exact) mass is 205 g/mol. The molecule has 0 aromatic rings. The number of hydrogen-bond acceptors (Lipinski definition) is 1. The Bertz CT molecular complexity index is 8.00. The molecule has 0 amide bonds. The van der Waals surface area contributed by atoms with Crippen molar-refractivity contribution in [3.63, 3.8) is 0 Å². The van der Waals surface area contributed by atoms with E-state index in [-0.39, 0.29) is 40.9 Å². The molecule has 4 heteroatoms. The van der Waals surface area contributed by atoms with Crippen LogP contribution in [0.3, 0.4) is 0 Å². The second-order valence-electron chi connectivity index (χ2n) is 0. The van der Waals surface area contributed by atoms with Gasteiger partial charge in [0.25, 0.3) is 9.12 Å². The van der Waals surface area contributed by atoms with Crippen LogP contribution in [0.4, 0.5) is 0 Å². The zero-order valence-electron chi connectivity index (χ0n) is 1.60. The molecule has 0 aliphatic heterocycles. The first kappa shape index (κ1) is 18.1. The Labute approximate surface area is 54.6 Å². The van der Waals surface area contributed by atoms with E-state index in [1.165, 1.54) is 0 Å². The molecule has 4 heavy (non-hydrogen) atoms. The van der Waals surface area contributed by atoms with Crippen molar-refractivity contribution < 1.29 is 45.5 Å². The van der Waals surface area contributed by atoms with Gasteiger partial charge in [0.2, 0.25) is 0 Å². The zero-order chi connectivity index (χ0) is 2.00. The van der Waals surface area contributed by atoms with Crippen molar-refractivity contribution in [2.24, 2.45) is 0 Å². The maximum absolute atomic E-state index is 7.94. The van der Waals surface area contributed by atoms with E-state index < -0.39 is 0 Å². The second kappa shape index (κ2) is 25.6. The molecule has 1 nitrogen and oxygen atoms in total. The zero-order valence-corrected chi connectivity index (χ0v) is 5.38. The van der Waals surface area contributed by atoms with Crippen molar-refractivity contribution in [2.75, 3.05) is 0 Å². The molecule has 0 unspecified atom stereocenters. The SMILES string of the molecule is O=[P].[Ag].[V]. The first-order chi connectivity index (χ1) is 1.00. The van der Waals surface area contributed by atoms with Gasteiger partial charge in [0.05, 0.1) is 0 Å². The van der Waals surface area contributed by atoms with Gasteiger partial charge in [0.1, 0.15) is 0 Å².